The van der Waals surface area contributed by atoms with Gasteiger partial charge in [0.15, 0.2) is 8.32 Å². The quantitative estimate of drug-likeness (QED) is 0.200. The summed E-state index contributed by atoms with van der Waals surface area (Å²) in [5.41, 5.74) is -0.198. The van der Waals surface area contributed by atoms with Crippen LogP contribution in [0.15, 0.2) is 24.3 Å². The van der Waals surface area contributed by atoms with E-state index in [2.05, 4.69) is 38.8 Å². The van der Waals surface area contributed by atoms with Gasteiger partial charge in [-0.15, -0.1) is 0 Å². The number of benzene rings is 1. The van der Waals surface area contributed by atoms with Crippen molar-refractivity contribution < 1.29 is 33.3 Å². The van der Waals surface area contributed by atoms with Gasteiger partial charge in [0.25, 0.3) is 0 Å². The Morgan fingerprint density at radius 2 is 1.78 bits per heavy atom. The Bertz CT molecular complexity index is 1160. The van der Waals surface area contributed by atoms with Crippen LogP contribution in [0.1, 0.15) is 79.2 Å². The summed E-state index contributed by atoms with van der Waals surface area (Å²) >= 11 is 0. The minimum absolute atomic E-state index is 0.0264. The van der Waals surface area contributed by atoms with Crippen molar-refractivity contribution in [1.82, 2.24) is 9.80 Å². The van der Waals surface area contributed by atoms with Gasteiger partial charge in [-0.3, -0.25) is 4.79 Å². The lowest BCUT2D eigenvalue weighted by Crippen LogP contribution is -2.72. The highest BCUT2D eigenvalue weighted by molar-refractivity contribution is 6.74. The summed E-state index contributed by atoms with van der Waals surface area (Å²) in [6, 6.07) is 7.58. The van der Waals surface area contributed by atoms with E-state index in [9.17, 15) is 14.7 Å². The number of methoxy groups -OCH3 is 1. The predicted octanol–water partition coefficient (Wildman–Crippen LogP) is 6.24. The van der Waals surface area contributed by atoms with E-state index in [0.29, 0.717) is 45.8 Å². The minimum atomic E-state index is -2.08. The maximum atomic E-state index is 14.2. The van der Waals surface area contributed by atoms with E-state index in [4.69, 9.17) is 18.6 Å². The zero-order valence-electron chi connectivity index (χ0n) is 29.2. The Balaban J connectivity index is 1.54. The molecule has 1 aromatic rings. The number of aliphatic hydroxyl groups is 1. The lowest BCUT2D eigenvalue weighted by Gasteiger charge is -2.59. The van der Waals surface area contributed by atoms with Crippen LogP contribution in [0.25, 0.3) is 0 Å². The van der Waals surface area contributed by atoms with Crippen LogP contribution in [0.5, 0.6) is 5.75 Å². The SMILES string of the molecule is COc1ccc(COCCCCN2C(=O)C3C[C@@H](CO[Si](C)(C)C(C)(C)C)[C@H]4N(C(=O)OC(C)(C)C)CC[C@H]3[C@]42CCO)cc1. The first-order valence-electron chi connectivity index (χ1n) is 16.8. The average molecular weight is 647 g/mol. The number of amides is 2. The second-order valence-corrected chi connectivity index (χ2v) is 20.6. The summed E-state index contributed by atoms with van der Waals surface area (Å²) in [7, 11) is -0.431. The lowest BCUT2D eigenvalue weighted by atomic mass is 9.58. The molecule has 4 bridgehead atoms. The number of aliphatic hydroxyl groups excluding tert-OH is 1. The van der Waals surface area contributed by atoms with Gasteiger partial charge in [-0.2, -0.15) is 0 Å². The molecule has 4 rings (SSSR count). The number of piperidine rings is 1. The molecule has 5 atom stereocenters. The molecule has 2 aliphatic heterocycles. The summed E-state index contributed by atoms with van der Waals surface area (Å²) in [5, 5.41) is 10.6. The zero-order valence-corrected chi connectivity index (χ0v) is 30.2. The van der Waals surface area contributed by atoms with Crippen molar-refractivity contribution in [3.63, 3.8) is 0 Å². The molecule has 1 saturated carbocycles. The van der Waals surface area contributed by atoms with Gasteiger partial charge in [-0.05, 0) is 94.6 Å². The second-order valence-electron chi connectivity index (χ2n) is 15.7. The minimum Gasteiger partial charge on any atom is -0.497 e. The van der Waals surface area contributed by atoms with Crippen LogP contribution < -0.4 is 4.74 Å². The van der Waals surface area contributed by atoms with Crippen molar-refractivity contribution in [2.24, 2.45) is 17.8 Å². The molecule has 2 amide bonds. The van der Waals surface area contributed by atoms with Crippen LogP contribution in [-0.4, -0.2) is 92.4 Å². The number of carbonyl (C=O) groups excluding carboxylic acids is 2. The number of hydrogen-bond donors (Lipinski definition) is 1. The molecule has 2 saturated heterocycles. The van der Waals surface area contributed by atoms with E-state index < -0.39 is 19.5 Å². The first-order chi connectivity index (χ1) is 21.1. The summed E-state index contributed by atoms with van der Waals surface area (Å²) < 4.78 is 23.9. The Morgan fingerprint density at radius 1 is 1.09 bits per heavy atom. The molecular formula is C35H58N2O7Si. The Hall–Kier alpha value is -2.14. The van der Waals surface area contributed by atoms with Gasteiger partial charge in [-0.1, -0.05) is 32.9 Å². The molecule has 45 heavy (non-hydrogen) atoms. The smallest absolute Gasteiger partial charge is 0.410 e. The maximum absolute atomic E-state index is 14.2. The normalized spacial score (nSPS) is 26.8. The summed E-state index contributed by atoms with van der Waals surface area (Å²) in [6.07, 6.45) is 3.10. The number of carbonyl (C=O) groups is 2. The lowest BCUT2D eigenvalue weighted by molar-refractivity contribution is -0.137. The number of nitrogens with zero attached hydrogens (tertiary/aromatic N) is 2. The van der Waals surface area contributed by atoms with Gasteiger partial charge >= 0.3 is 6.09 Å². The third-order valence-electron chi connectivity index (χ3n) is 10.7. The summed E-state index contributed by atoms with van der Waals surface area (Å²) in [5.74, 6) is 0.934. The highest BCUT2D eigenvalue weighted by Crippen LogP contribution is 2.58. The van der Waals surface area contributed by atoms with Crippen LogP contribution in [-0.2, 0) is 25.3 Å². The van der Waals surface area contributed by atoms with Crippen LogP contribution in [0.2, 0.25) is 18.1 Å². The van der Waals surface area contributed by atoms with Crippen LogP contribution in [0.4, 0.5) is 4.79 Å². The molecule has 0 radical (unpaired) electrons. The molecular weight excluding hydrogens is 588 g/mol. The first-order valence-corrected chi connectivity index (χ1v) is 19.7. The molecule has 0 aromatic heterocycles. The monoisotopic (exact) mass is 646 g/mol. The highest BCUT2D eigenvalue weighted by Gasteiger charge is 2.69. The van der Waals surface area contributed by atoms with E-state index in [-0.39, 0.29) is 47.4 Å². The van der Waals surface area contributed by atoms with Crippen LogP contribution in [0.3, 0.4) is 0 Å². The first kappa shape index (κ1) is 35.7. The molecule has 3 fully saturated rings. The molecule has 0 spiro atoms. The molecule has 254 valence electrons. The number of ether oxygens (including phenoxy) is 3. The Kier molecular flexibility index (Phi) is 11.0. The van der Waals surface area contributed by atoms with Gasteiger partial charge < -0.3 is 33.5 Å². The van der Waals surface area contributed by atoms with E-state index >= 15 is 0 Å². The van der Waals surface area contributed by atoms with Crippen LogP contribution in [0, 0.1) is 17.8 Å². The zero-order chi connectivity index (χ0) is 33.2. The van der Waals surface area contributed by atoms with Gasteiger partial charge in [0.1, 0.15) is 11.4 Å². The standard InChI is InChI=1S/C35H58N2O7Si/c1-33(2,3)44-32(40)36-19-16-29-28-22-26(24-43-45(8,9)34(4,5)6)30(36)35(29,17-20-38)37(31(28)39)18-10-11-21-42-23-25-12-14-27(41-7)15-13-25/h12-15,26,28-30,38H,10-11,16-24H2,1-9H3/t26-,28?,29+,30+,35+/m0/s1. The molecule has 9 nitrogen and oxygen atoms in total. The molecule has 2 heterocycles. The molecule has 1 aliphatic carbocycles. The fourth-order valence-electron chi connectivity index (χ4n) is 7.59. The molecule has 1 N–H and O–H groups in total. The molecule has 10 heteroatoms. The van der Waals surface area contributed by atoms with Crippen molar-refractivity contribution in [2.75, 3.05) is 40.0 Å². The number of hydrogen-bond acceptors (Lipinski definition) is 7. The molecule has 1 unspecified atom stereocenters. The second kappa shape index (κ2) is 13.9. The van der Waals surface area contributed by atoms with E-state index in [1.165, 1.54) is 0 Å². The number of likely N-dealkylation sites (tertiary alicyclic amines) is 2. The number of rotatable bonds is 13. The Morgan fingerprint density at radius 3 is 2.38 bits per heavy atom. The van der Waals surface area contributed by atoms with Crippen molar-refractivity contribution in [3.05, 3.63) is 29.8 Å². The van der Waals surface area contributed by atoms with E-state index in [1.54, 1.807) is 7.11 Å². The topological polar surface area (TPSA) is 97.8 Å². The third-order valence-corrected chi connectivity index (χ3v) is 15.2. The summed E-state index contributed by atoms with van der Waals surface area (Å²) in [4.78, 5) is 31.9. The summed E-state index contributed by atoms with van der Waals surface area (Å²) in [6.45, 7) is 19.5. The van der Waals surface area contributed by atoms with E-state index in [0.717, 1.165) is 30.6 Å². The van der Waals surface area contributed by atoms with E-state index in [1.807, 2.05) is 49.9 Å². The largest absolute Gasteiger partial charge is 0.497 e. The predicted molar refractivity (Wildman–Crippen MR) is 178 cm³/mol. The van der Waals surface area contributed by atoms with Crippen molar-refractivity contribution in [2.45, 2.75) is 116 Å². The highest BCUT2D eigenvalue weighted by atomic mass is 28.4. The fourth-order valence-corrected chi connectivity index (χ4v) is 8.66. The van der Waals surface area contributed by atoms with Gasteiger partial charge in [0.05, 0.1) is 25.3 Å². The number of unbranched alkanes of at least 4 members (excludes halogenated alkanes) is 1. The van der Waals surface area contributed by atoms with Crippen molar-refractivity contribution in [3.8, 4) is 5.75 Å². The van der Waals surface area contributed by atoms with Crippen molar-refractivity contribution in [1.29, 1.82) is 0 Å². The molecule has 3 aliphatic rings. The van der Waals surface area contributed by atoms with Gasteiger partial charge in [0, 0.05) is 44.7 Å². The molecule has 1 aromatic carbocycles. The average Bonchev–Trinajstić information content (AvgIpc) is 3.10. The van der Waals surface area contributed by atoms with Gasteiger partial charge in [0.2, 0.25) is 5.91 Å². The Labute approximate surface area is 272 Å². The third kappa shape index (κ3) is 7.55. The fraction of sp³-hybridized carbons (Fsp3) is 0.771. The van der Waals surface area contributed by atoms with Crippen molar-refractivity contribution >= 4 is 20.3 Å². The maximum Gasteiger partial charge on any atom is 0.410 e. The van der Waals surface area contributed by atoms with Gasteiger partial charge in [-0.25, -0.2) is 4.79 Å². The van der Waals surface area contributed by atoms with Crippen LogP contribution >= 0.6 is 0 Å².